The molecule has 0 amide bonds. The quantitative estimate of drug-likeness (QED) is 0.739. The number of β-amino-alcohol motifs (C(OH)–C–C–N with tert-alkyl or cyclic N) is 1. The van der Waals surface area contributed by atoms with Crippen molar-refractivity contribution in [2.75, 3.05) is 32.7 Å². The lowest BCUT2D eigenvalue weighted by atomic mass is 9.96. The fraction of sp³-hybridized carbons (Fsp3) is 0.417. The van der Waals surface area contributed by atoms with Crippen LogP contribution in [0.25, 0.3) is 6.08 Å². The van der Waals surface area contributed by atoms with E-state index in [2.05, 4.69) is 53.5 Å². The van der Waals surface area contributed by atoms with Crippen molar-refractivity contribution in [3.05, 3.63) is 77.4 Å². The summed E-state index contributed by atoms with van der Waals surface area (Å²) in [5.74, 6) is 0.736. The van der Waals surface area contributed by atoms with E-state index >= 15 is 0 Å². The van der Waals surface area contributed by atoms with Gasteiger partial charge in [-0.15, -0.1) is 0 Å². The average molecular weight is 365 g/mol. The lowest BCUT2D eigenvalue weighted by Gasteiger charge is -2.33. The summed E-state index contributed by atoms with van der Waals surface area (Å²) in [6.07, 6.45) is 4.28. The molecule has 0 radical (unpaired) electrons. The minimum absolute atomic E-state index is 0.383. The van der Waals surface area contributed by atoms with Crippen molar-refractivity contribution in [2.24, 2.45) is 5.92 Å². The Morgan fingerprint density at radius 2 is 1.70 bits per heavy atom. The largest absolute Gasteiger partial charge is 0.387 e. The molecular formula is C24H32N2O. The molecule has 1 unspecified atom stereocenters. The molecule has 0 spiro atoms. The number of nitrogens with one attached hydrogen (secondary N) is 1. The van der Waals surface area contributed by atoms with Gasteiger partial charge < -0.3 is 15.3 Å². The first-order valence-corrected chi connectivity index (χ1v) is 10.1. The second-order valence-corrected chi connectivity index (χ2v) is 7.70. The van der Waals surface area contributed by atoms with E-state index in [9.17, 15) is 5.11 Å². The fourth-order valence-corrected chi connectivity index (χ4v) is 3.76. The first-order chi connectivity index (χ1) is 13.2. The van der Waals surface area contributed by atoms with Crippen LogP contribution < -0.4 is 5.32 Å². The van der Waals surface area contributed by atoms with Crippen LogP contribution in [0.2, 0.25) is 0 Å². The van der Waals surface area contributed by atoms with Crippen LogP contribution in [0.3, 0.4) is 0 Å². The van der Waals surface area contributed by atoms with Gasteiger partial charge in [0.25, 0.3) is 0 Å². The van der Waals surface area contributed by atoms with Crippen LogP contribution in [0, 0.1) is 5.92 Å². The summed E-state index contributed by atoms with van der Waals surface area (Å²) in [7, 11) is 0. The predicted octanol–water partition coefficient (Wildman–Crippen LogP) is 4.13. The Bertz CT molecular complexity index is 691. The molecule has 2 aromatic carbocycles. The van der Waals surface area contributed by atoms with E-state index in [4.69, 9.17) is 0 Å². The first kappa shape index (κ1) is 19.8. The normalized spacial score (nSPS) is 17.8. The van der Waals surface area contributed by atoms with Gasteiger partial charge in [0.2, 0.25) is 0 Å². The lowest BCUT2D eigenvalue weighted by molar-refractivity contribution is 0.0893. The van der Waals surface area contributed by atoms with Gasteiger partial charge in [0.15, 0.2) is 0 Å². The molecule has 27 heavy (non-hydrogen) atoms. The number of hydrogen-bond donors (Lipinski definition) is 2. The number of nitrogens with zero attached hydrogens (tertiary/aromatic N) is 1. The third-order valence-corrected chi connectivity index (χ3v) is 5.37. The Hall–Kier alpha value is -1.94. The molecule has 0 aromatic heterocycles. The summed E-state index contributed by atoms with van der Waals surface area (Å²) in [5.41, 5.74) is 3.65. The SMILES string of the molecule is C/C(=C/c1ccccc1)CNCC1CCN(CC(O)c2ccccc2)CC1. The van der Waals surface area contributed by atoms with Gasteiger partial charge in [-0.3, -0.25) is 0 Å². The van der Waals surface area contributed by atoms with Crippen LogP contribution in [-0.2, 0) is 0 Å². The number of piperidine rings is 1. The summed E-state index contributed by atoms with van der Waals surface area (Å²) in [5, 5.41) is 14.0. The van der Waals surface area contributed by atoms with Crippen molar-refractivity contribution in [1.82, 2.24) is 10.2 Å². The topological polar surface area (TPSA) is 35.5 Å². The van der Waals surface area contributed by atoms with Crippen molar-refractivity contribution in [3.8, 4) is 0 Å². The Morgan fingerprint density at radius 3 is 2.37 bits per heavy atom. The minimum Gasteiger partial charge on any atom is -0.387 e. The second-order valence-electron chi connectivity index (χ2n) is 7.70. The highest BCUT2D eigenvalue weighted by Gasteiger charge is 2.21. The van der Waals surface area contributed by atoms with Gasteiger partial charge in [0.05, 0.1) is 6.10 Å². The molecule has 1 atom stereocenters. The summed E-state index contributed by atoms with van der Waals surface area (Å²) >= 11 is 0. The van der Waals surface area contributed by atoms with Crippen molar-refractivity contribution in [3.63, 3.8) is 0 Å². The molecule has 0 saturated carbocycles. The van der Waals surface area contributed by atoms with Gasteiger partial charge in [-0.05, 0) is 56.4 Å². The third kappa shape index (κ3) is 6.62. The minimum atomic E-state index is -0.383. The Labute approximate surface area is 163 Å². The zero-order chi connectivity index (χ0) is 18.9. The molecule has 1 heterocycles. The summed E-state index contributed by atoms with van der Waals surface area (Å²) < 4.78 is 0. The molecule has 1 aliphatic rings. The molecule has 2 N–H and O–H groups in total. The summed E-state index contributed by atoms with van der Waals surface area (Å²) in [4.78, 5) is 2.40. The lowest BCUT2D eigenvalue weighted by Crippen LogP contribution is -2.39. The fourth-order valence-electron chi connectivity index (χ4n) is 3.76. The number of benzene rings is 2. The zero-order valence-electron chi connectivity index (χ0n) is 16.3. The highest BCUT2D eigenvalue weighted by Crippen LogP contribution is 2.20. The Balaban J connectivity index is 1.34. The number of hydrogen-bond acceptors (Lipinski definition) is 3. The van der Waals surface area contributed by atoms with Gasteiger partial charge in [0, 0.05) is 13.1 Å². The van der Waals surface area contributed by atoms with Crippen molar-refractivity contribution in [2.45, 2.75) is 25.9 Å². The number of likely N-dealkylation sites (tertiary alicyclic amines) is 1. The summed E-state index contributed by atoms with van der Waals surface area (Å²) in [6, 6.07) is 20.5. The van der Waals surface area contributed by atoms with Crippen LogP contribution >= 0.6 is 0 Å². The molecule has 3 nitrogen and oxygen atoms in total. The van der Waals surface area contributed by atoms with Crippen molar-refractivity contribution >= 4 is 6.08 Å². The highest BCUT2D eigenvalue weighted by molar-refractivity contribution is 5.52. The third-order valence-electron chi connectivity index (χ3n) is 5.37. The van der Waals surface area contributed by atoms with E-state index in [1.54, 1.807) is 0 Å². The monoisotopic (exact) mass is 364 g/mol. The van der Waals surface area contributed by atoms with Crippen molar-refractivity contribution < 1.29 is 5.11 Å². The van der Waals surface area contributed by atoms with Crippen LogP contribution in [0.1, 0.15) is 37.0 Å². The molecule has 1 aliphatic heterocycles. The van der Waals surface area contributed by atoms with Crippen LogP contribution in [0.15, 0.2) is 66.2 Å². The average Bonchev–Trinajstić information content (AvgIpc) is 2.71. The molecule has 2 aromatic rings. The smallest absolute Gasteiger partial charge is 0.0916 e. The van der Waals surface area contributed by atoms with E-state index in [0.29, 0.717) is 0 Å². The number of rotatable bonds is 8. The Kier molecular flexibility index (Phi) is 7.64. The van der Waals surface area contributed by atoms with Gasteiger partial charge in [-0.2, -0.15) is 0 Å². The van der Waals surface area contributed by atoms with E-state index in [1.807, 2.05) is 30.3 Å². The maximum atomic E-state index is 10.4. The second kappa shape index (κ2) is 10.4. The molecule has 1 fully saturated rings. The molecule has 3 heteroatoms. The standard InChI is InChI=1S/C24H32N2O/c1-20(16-21-8-4-2-5-9-21)17-25-18-22-12-14-26(15-13-22)19-24(27)23-10-6-3-7-11-23/h2-11,16,22,24-25,27H,12-15,17-19H2,1H3/b20-16-. The maximum Gasteiger partial charge on any atom is 0.0916 e. The van der Waals surface area contributed by atoms with E-state index in [1.165, 1.54) is 24.0 Å². The summed E-state index contributed by atoms with van der Waals surface area (Å²) in [6.45, 7) is 7.11. The zero-order valence-corrected chi connectivity index (χ0v) is 16.3. The molecule has 3 rings (SSSR count). The number of aliphatic hydroxyl groups excluding tert-OH is 1. The van der Waals surface area contributed by atoms with Crippen LogP contribution in [0.4, 0.5) is 0 Å². The molecule has 1 saturated heterocycles. The predicted molar refractivity (Wildman–Crippen MR) is 114 cm³/mol. The highest BCUT2D eigenvalue weighted by atomic mass is 16.3. The van der Waals surface area contributed by atoms with E-state index in [-0.39, 0.29) is 6.10 Å². The number of aliphatic hydroxyl groups is 1. The maximum absolute atomic E-state index is 10.4. The van der Waals surface area contributed by atoms with Gasteiger partial charge in [0.1, 0.15) is 0 Å². The van der Waals surface area contributed by atoms with Gasteiger partial charge in [-0.25, -0.2) is 0 Å². The van der Waals surface area contributed by atoms with E-state index < -0.39 is 0 Å². The Morgan fingerprint density at radius 1 is 1.07 bits per heavy atom. The van der Waals surface area contributed by atoms with Gasteiger partial charge in [-0.1, -0.05) is 72.3 Å². The van der Waals surface area contributed by atoms with Crippen LogP contribution in [-0.4, -0.2) is 42.7 Å². The van der Waals surface area contributed by atoms with Crippen LogP contribution in [0.5, 0.6) is 0 Å². The van der Waals surface area contributed by atoms with Gasteiger partial charge >= 0.3 is 0 Å². The van der Waals surface area contributed by atoms with Crippen molar-refractivity contribution in [1.29, 1.82) is 0 Å². The van der Waals surface area contributed by atoms with E-state index in [0.717, 1.165) is 44.2 Å². The molecular weight excluding hydrogens is 332 g/mol. The molecule has 144 valence electrons. The first-order valence-electron chi connectivity index (χ1n) is 10.1. The molecule has 0 aliphatic carbocycles. The molecule has 0 bridgehead atoms.